The van der Waals surface area contributed by atoms with Crippen molar-refractivity contribution in [1.29, 1.82) is 0 Å². The predicted molar refractivity (Wildman–Crippen MR) is 83.3 cm³/mol. The van der Waals surface area contributed by atoms with Crippen molar-refractivity contribution in [3.05, 3.63) is 18.1 Å². The van der Waals surface area contributed by atoms with Gasteiger partial charge >= 0.3 is 0 Å². The molecule has 1 aromatic heterocycles. The molecule has 0 saturated carbocycles. The van der Waals surface area contributed by atoms with Crippen LogP contribution in [0.25, 0.3) is 0 Å². The highest BCUT2D eigenvalue weighted by molar-refractivity contribution is 5.93. The normalized spacial score (nSPS) is 23.7. The maximum absolute atomic E-state index is 12.7. The molecule has 1 aromatic rings. The summed E-state index contributed by atoms with van der Waals surface area (Å²) in [5.41, 5.74) is 0.478. The number of hydrogen-bond acceptors (Lipinski definition) is 6. The largest absolute Gasteiger partial charge is 0.357 e. The Labute approximate surface area is 135 Å². The van der Waals surface area contributed by atoms with Crippen molar-refractivity contribution in [2.75, 3.05) is 44.3 Å². The van der Waals surface area contributed by atoms with E-state index in [1.807, 2.05) is 11.0 Å². The van der Waals surface area contributed by atoms with E-state index in [0.29, 0.717) is 32.0 Å². The van der Waals surface area contributed by atoms with E-state index >= 15 is 0 Å². The first-order chi connectivity index (χ1) is 11.3. The van der Waals surface area contributed by atoms with E-state index < -0.39 is 5.79 Å². The van der Waals surface area contributed by atoms with Crippen LogP contribution in [-0.2, 0) is 9.47 Å². The lowest BCUT2D eigenvalue weighted by Crippen LogP contribution is -2.47. The van der Waals surface area contributed by atoms with Crippen molar-refractivity contribution < 1.29 is 14.3 Å². The van der Waals surface area contributed by atoms with Gasteiger partial charge in [0.25, 0.3) is 5.91 Å². The molecule has 0 atom stereocenters. The van der Waals surface area contributed by atoms with E-state index in [-0.39, 0.29) is 5.91 Å². The Balaban J connectivity index is 1.44. The summed E-state index contributed by atoms with van der Waals surface area (Å²) in [6.45, 7) is 4.60. The molecule has 0 aromatic carbocycles. The minimum atomic E-state index is -0.455. The summed E-state index contributed by atoms with van der Waals surface area (Å²) in [5, 5.41) is 0. The molecule has 1 amide bonds. The number of ether oxygens (including phenoxy) is 2. The number of likely N-dealkylation sites (tertiary alicyclic amines) is 1. The van der Waals surface area contributed by atoms with Gasteiger partial charge in [-0.3, -0.25) is 4.79 Å². The quantitative estimate of drug-likeness (QED) is 0.812. The summed E-state index contributed by atoms with van der Waals surface area (Å²) in [6, 6.07) is 1.82. The van der Waals surface area contributed by atoms with Gasteiger partial charge in [-0.1, -0.05) is 0 Å². The summed E-state index contributed by atoms with van der Waals surface area (Å²) in [7, 11) is 0. The van der Waals surface area contributed by atoms with Crippen LogP contribution in [0.5, 0.6) is 0 Å². The maximum atomic E-state index is 12.7. The molecule has 3 fully saturated rings. The van der Waals surface area contributed by atoms with Crippen LogP contribution in [-0.4, -0.2) is 66.0 Å². The second-order valence-corrected chi connectivity index (χ2v) is 6.36. The minimum Gasteiger partial charge on any atom is -0.357 e. The van der Waals surface area contributed by atoms with Crippen LogP contribution in [0.15, 0.2) is 12.4 Å². The molecule has 1 spiro atoms. The maximum Gasteiger partial charge on any atom is 0.272 e. The topological polar surface area (TPSA) is 67.8 Å². The summed E-state index contributed by atoms with van der Waals surface area (Å²) >= 11 is 0. The van der Waals surface area contributed by atoms with Gasteiger partial charge in [-0.25, -0.2) is 9.97 Å². The van der Waals surface area contributed by atoms with Gasteiger partial charge in [-0.15, -0.1) is 0 Å². The molecule has 124 valence electrons. The summed E-state index contributed by atoms with van der Waals surface area (Å²) in [6.07, 6.45) is 5.31. The number of rotatable bonds is 2. The first-order valence-electron chi connectivity index (χ1n) is 8.40. The second kappa shape index (κ2) is 6.05. The van der Waals surface area contributed by atoms with Crippen molar-refractivity contribution in [2.24, 2.45) is 0 Å². The number of anilines is 1. The third-order valence-corrected chi connectivity index (χ3v) is 4.93. The number of aromatic nitrogens is 2. The second-order valence-electron chi connectivity index (χ2n) is 6.36. The molecule has 0 unspecified atom stereocenters. The molecular formula is C16H22N4O3. The average Bonchev–Trinajstić information content (AvgIpc) is 3.28. The fourth-order valence-corrected chi connectivity index (χ4v) is 3.58. The third kappa shape index (κ3) is 2.90. The van der Waals surface area contributed by atoms with E-state index in [1.165, 1.54) is 19.2 Å². The Morgan fingerprint density at radius 3 is 2.43 bits per heavy atom. The monoisotopic (exact) mass is 318 g/mol. The zero-order valence-electron chi connectivity index (χ0n) is 13.2. The lowest BCUT2D eigenvalue weighted by Gasteiger charge is -2.37. The van der Waals surface area contributed by atoms with Gasteiger partial charge in [0.05, 0.1) is 13.2 Å². The van der Waals surface area contributed by atoms with Crippen LogP contribution in [0.2, 0.25) is 0 Å². The first-order valence-corrected chi connectivity index (χ1v) is 8.40. The molecule has 3 aliphatic rings. The molecule has 7 heteroatoms. The highest BCUT2D eigenvalue weighted by atomic mass is 16.7. The predicted octanol–water partition coefficient (Wildman–Crippen LogP) is 1.06. The molecule has 0 radical (unpaired) electrons. The molecule has 3 saturated heterocycles. The summed E-state index contributed by atoms with van der Waals surface area (Å²) < 4.78 is 11.4. The summed E-state index contributed by atoms with van der Waals surface area (Å²) in [4.78, 5) is 25.3. The highest BCUT2D eigenvalue weighted by Crippen LogP contribution is 2.31. The fourth-order valence-electron chi connectivity index (χ4n) is 3.58. The van der Waals surface area contributed by atoms with Crippen LogP contribution < -0.4 is 4.90 Å². The number of hydrogen-bond donors (Lipinski definition) is 0. The molecule has 4 heterocycles. The molecule has 0 N–H and O–H groups in total. The molecule has 23 heavy (non-hydrogen) atoms. The number of amides is 1. The van der Waals surface area contributed by atoms with Crippen LogP contribution in [0, 0.1) is 0 Å². The molecule has 4 rings (SSSR count). The minimum absolute atomic E-state index is 0.0271. The van der Waals surface area contributed by atoms with Crippen molar-refractivity contribution in [1.82, 2.24) is 14.9 Å². The van der Waals surface area contributed by atoms with Gasteiger partial charge in [-0.2, -0.15) is 0 Å². The van der Waals surface area contributed by atoms with E-state index in [1.54, 1.807) is 0 Å². The SMILES string of the molecule is O=C(c1cc(N2CCCC2)ncn1)N1CCC2(CC1)OCCO2. The standard InChI is InChI=1S/C16H22N4O3/c21-15(20-7-3-16(4-8-20)22-9-10-23-16)13-11-14(18-12-17-13)19-5-1-2-6-19/h11-12H,1-10H2. The van der Waals surface area contributed by atoms with Crippen LogP contribution in [0.4, 0.5) is 5.82 Å². The Kier molecular flexibility index (Phi) is 3.90. The van der Waals surface area contributed by atoms with E-state index in [0.717, 1.165) is 31.7 Å². The summed E-state index contributed by atoms with van der Waals surface area (Å²) in [5.74, 6) is 0.376. The van der Waals surface area contributed by atoms with Gasteiger partial charge in [-0.05, 0) is 12.8 Å². The zero-order valence-corrected chi connectivity index (χ0v) is 13.2. The lowest BCUT2D eigenvalue weighted by atomic mass is 10.0. The smallest absolute Gasteiger partial charge is 0.272 e. The fraction of sp³-hybridized carbons (Fsp3) is 0.688. The van der Waals surface area contributed by atoms with Crippen LogP contribution in [0.3, 0.4) is 0 Å². The number of carbonyl (C=O) groups is 1. The van der Waals surface area contributed by atoms with Crippen molar-refractivity contribution in [3.63, 3.8) is 0 Å². The van der Waals surface area contributed by atoms with E-state index in [2.05, 4.69) is 14.9 Å². The van der Waals surface area contributed by atoms with Crippen LogP contribution >= 0.6 is 0 Å². The van der Waals surface area contributed by atoms with Gasteiger partial charge in [0.15, 0.2) is 5.79 Å². The van der Waals surface area contributed by atoms with Crippen molar-refractivity contribution in [3.8, 4) is 0 Å². The Morgan fingerprint density at radius 2 is 1.74 bits per heavy atom. The van der Waals surface area contributed by atoms with Crippen molar-refractivity contribution in [2.45, 2.75) is 31.5 Å². The third-order valence-electron chi connectivity index (χ3n) is 4.93. The molecule has 3 aliphatic heterocycles. The van der Waals surface area contributed by atoms with Gasteiger partial charge in [0.1, 0.15) is 17.8 Å². The Bertz CT molecular complexity index is 572. The zero-order chi connectivity index (χ0) is 15.7. The number of piperidine rings is 1. The average molecular weight is 318 g/mol. The highest BCUT2D eigenvalue weighted by Gasteiger charge is 2.41. The van der Waals surface area contributed by atoms with E-state index in [4.69, 9.17) is 9.47 Å². The molecular weight excluding hydrogens is 296 g/mol. The molecule has 0 aliphatic carbocycles. The molecule has 7 nitrogen and oxygen atoms in total. The number of carbonyl (C=O) groups excluding carboxylic acids is 1. The molecule has 0 bridgehead atoms. The lowest BCUT2D eigenvalue weighted by molar-refractivity contribution is -0.181. The van der Waals surface area contributed by atoms with Crippen LogP contribution in [0.1, 0.15) is 36.2 Å². The Morgan fingerprint density at radius 1 is 1.04 bits per heavy atom. The van der Waals surface area contributed by atoms with E-state index in [9.17, 15) is 4.79 Å². The first kappa shape index (κ1) is 14.8. The number of nitrogens with zero attached hydrogens (tertiary/aromatic N) is 4. The van der Waals surface area contributed by atoms with Gasteiger partial charge in [0.2, 0.25) is 0 Å². The van der Waals surface area contributed by atoms with Gasteiger partial charge in [0, 0.05) is 45.1 Å². The van der Waals surface area contributed by atoms with Crippen molar-refractivity contribution >= 4 is 11.7 Å². The Hall–Kier alpha value is -1.73. The van der Waals surface area contributed by atoms with Gasteiger partial charge < -0.3 is 19.3 Å².